The van der Waals surface area contributed by atoms with Crippen LogP contribution in [0.1, 0.15) is 51.9 Å². The van der Waals surface area contributed by atoms with Crippen LogP contribution in [-0.2, 0) is 10.9 Å². The lowest BCUT2D eigenvalue weighted by Crippen LogP contribution is -2.25. The average molecular weight is 451 g/mol. The lowest BCUT2D eigenvalue weighted by atomic mass is 10.2. The van der Waals surface area contributed by atoms with Crippen LogP contribution in [0.5, 0.6) is 11.5 Å². The first-order valence-corrected chi connectivity index (χ1v) is 11.8. The molecule has 0 bridgehead atoms. The molecule has 3 aromatic rings. The predicted octanol–water partition coefficient (Wildman–Crippen LogP) is 5.50. The Morgan fingerprint density at radius 3 is 1.47 bits per heavy atom. The van der Waals surface area contributed by atoms with Crippen molar-refractivity contribution < 1.29 is 19.4 Å². The minimum atomic E-state index is -1.18. The van der Waals surface area contributed by atoms with Gasteiger partial charge in [0, 0.05) is 0 Å². The second-order valence-corrected chi connectivity index (χ2v) is 11.5. The maximum absolute atomic E-state index is 11.9. The lowest BCUT2D eigenvalue weighted by molar-refractivity contribution is -0.255. The summed E-state index contributed by atoms with van der Waals surface area (Å²) < 4.78 is 11.9. The first-order valence-electron chi connectivity index (χ1n) is 10.6. The molecule has 0 aromatic heterocycles. The predicted molar refractivity (Wildman–Crippen MR) is 127 cm³/mol. The van der Waals surface area contributed by atoms with E-state index in [4.69, 9.17) is 9.47 Å². The van der Waals surface area contributed by atoms with Gasteiger partial charge in [-0.1, -0.05) is 12.1 Å². The van der Waals surface area contributed by atoms with E-state index in [9.17, 15) is 9.90 Å². The summed E-state index contributed by atoms with van der Waals surface area (Å²) in [5, 5.41) is 11.9. The van der Waals surface area contributed by atoms with Gasteiger partial charge < -0.3 is 19.4 Å². The molecule has 0 unspecified atom stereocenters. The highest BCUT2D eigenvalue weighted by molar-refractivity contribution is 7.97. The van der Waals surface area contributed by atoms with Crippen molar-refractivity contribution in [2.24, 2.45) is 0 Å². The Bertz CT molecular complexity index is 999. The first-order chi connectivity index (χ1) is 14.9. The van der Waals surface area contributed by atoms with E-state index in [2.05, 4.69) is 0 Å². The van der Waals surface area contributed by atoms with Crippen molar-refractivity contribution in [3.05, 3.63) is 78.4 Å². The molecule has 3 rings (SSSR count). The topological polar surface area (TPSA) is 58.6 Å². The summed E-state index contributed by atoms with van der Waals surface area (Å²) in [6, 6.07) is 22.7. The molecule has 32 heavy (non-hydrogen) atoms. The number of carbonyl (C=O) groups is 1. The lowest BCUT2D eigenvalue weighted by Gasteiger charge is -2.21. The number of benzene rings is 3. The molecule has 0 radical (unpaired) electrons. The summed E-state index contributed by atoms with van der Waals surface area (Å²) in [4.78, 5) is 14.6. The monoisotopic (exact) mass is 450 g/mol. The summed E-state index contributed by atoms with van der Waals surface area (Å²) in [6.45, 7) is 12.0. The molecule has 0 aliphatic rings. The van der Waals surface area contributed by atoms with Gasteiger partial charge >= 0.3 is 0 Å². The van der Waals surface area contributed by atoms with Crippen molar-refractivity contribution >= 4 is 16.9 Å². The Morgan fingerprint density at radius 1 is 0.688 bits per heavy atom. The van der Waals surface area contributed by atoms with Crippen LogP contribution in [0.15, 0.2) is 87.5 Å². The summed E-state index contributed by atoms with van der Waals surface area (Å²) in [5.41, 5.74) is -0.401. The maximum Gasteiger partial charge on any atom is 0.175 e. The quantitative estimate of drug-likeness (QED) is 0.465. The number of carboxylic acids is 1. The molecule has 0 aliphatic heterocycles. The van der Waals surface area contributed by atoms with E-state index in [1.807, 2.05) is 102 Å². The number of carbonyl (C=O) groups excluding carboxylic acids is 1. The fourth-order valence-electron chi connectivity index (χ4n) is 3.20. The van der Waals surface area contributed by atoms with Crippen molar-refractivity contribution in [1.29, 1.82) is 0 Å². The van der Waals surface area contributed by atoms with Crippen LogP contribution in [0.3, 0.4) is 0 Å². The Kier molecular flexibility index (Phi) is 6.89. The van der Waals surface area contributed by atoms with Crippen molar-refractivity contribution in [2.45, 2.75) is 67.4 Å². The van der Waals surface area contributed by atoms with Gasteiger partial charge in [-0.3, -0.25) is 0 Å². The van der Waals surface area contributed by atoms with Crippen LogP contribution in [0.2, 0.25) is 0 Å². The third-order valence-electron chi connectivity index (χ3n) is 4.29. The normalized spacial score (nSPS) is 12.0. The average Bonchev–Trinajstić information content (AvgIpc) is 2.69. The summed E-state index contributed by atoms with van der Waals surface area (Å²) >= 11 is 0. The molecule has 0 saturated carbocycles. The Labute approximate surface area is 193 Å². The zero-order valence-electron chi connectivity index (χ0n) is 19.5. The van der Waals surface area contributed by atoms with Gasteiger partial charge in [-0.05, 0) is 102 Å². The third kappa shape index (κ3) is 6.30. The molecule has 0 atom stereocenters. The van der Waals surface area contributed by atoms with Gasteiger partial charge in [-0.15, -0.1) is 0 Å². The minimum Gasteiger partial charge on any atom is -0.545 e. The summed E-state index contributed by atoms with van der Waals surface area (Å²) in [6.07, 6.45) is 0. The molecule has 0 saturated heterocycles. The number of rotatable bonds is 6. The number of ether oxygens (including phenoxy) is 2. The highest BCUT2D eigenvalue weighted by Crippen LogP contribution is 2.35. The van der Waals surface area contributed by atoms with E-state index in [0.717, 1.165) is 21.3 Å². The third-order valence-corrected chi connectivity index (χ3v) is 6.58. The molecule has 5 heteroatoms. The van der Waals surface area contributed by atoms with Gasteiger partial charge in [0.25, 0.3) is 0 Å². The molecule has 0 spiro atoms. The highest BCUT2D eigenvalue weighted by atomic mass is 32.2. The maximum atomic E-state index is 11.9. The smallest absolute Gasteiger partial charge is 0.175 e. The van der Waals surface area contributed by atoms with E-state index in [1.165, 1.54) is 0 Å². The highest BCUT2D eigenvalue weighted by Gasteiger charge is 2.32. The van der Waals surface area contributed by atoms with Crippen LogP contribution in [0.4, 0.5) is 0 Å². The molecule has 0 amide bonds. The van der Waals surface area contributed by atoms with E-state index in [1.54, 1.807) is 12.1 Å². The molecule has 0 N–H and O–H groups in total. The van der Waals surface area contributed by atoms with Crippen molar-refractivity contribution in [1.82, 2.24) is 0 Å². The standard InChI is InChI=1S/C27H30O4S/c1-26(2,3)30-19-11-15-21(16-12-19)32(24-10-8-7-9-23(24)25(28)29)22-17-13-20(14-18-22)31-27(4,5)6/h7-18H,1-6H3. The van der Waals surface area contributed by atoms with Crippen LogP contribution >= 0.6 is 0 Å². The Balaban J connectivity index is 2.06. The molecule has 3 aromatic carbocycles. The van der Waals surface area contributed by atoms with Crippen LogP contribution in [-0.4, -0.2) is 17.2 Å². The van der Waals surface area contributed by atoms with Gasteiger partial charge in [0.1, 0.15) is 22.7 Å². The van der Waals surface area contributed by atoms with Crippen LogP contribution in [0.25, 0.3) is 0 Å². The molecule has 0 heterocycles. The molecular weight excluding hydrogens is 420 g/mol. The van der Waals surface area contributed by atoms with E-state index in [0.29, 0.717) is 4.90 Å². The van der Waals surface area contributed by atoms with Crippen molar-refractivity contribution in [3.63, 3.8) is 0 Å². The number of carboxylic acid groups (broad SMARTS) is 1. The van der Waals surface area contributed by atoms with Crippen LogP contribution in [0, 0.1) is 0 Å². The van der Waals surface area contributed by atoms with Crippen molar-refractivity contribution in [2.75, 3.05) is 0 Å². The van der Waals surface area contributed by atoms with Gasteiger partial charge in [0.2, 0.25) is 0 Å². The van der Waals surface area contributed by atoms with E-state index in [-0.39, 0.29) is 16.8 Å². The molecular formula is C27H30O4S. The SMILES string of the molecule is CC(C)(C)Oc1ccc([S+](c2ccc(OC(C)(C)C)cc2)c2ccccc2C(=O)[O-])cc1. The molecule has 4 nitrogen and oxygen atoms in total. The Morgan fingerprint density at radius 2 is 1.09 bits per heavy atom. The fourth-order valence-corrected chi connectivity index (χ4v) is 5.38. The zero-order valence-corrected chi connectivity index (χ0v) is 20.3. The van der Waals surface area contributed by atoms with Crippen LogP contribution < -0.4 is 14.6 Å². The summed E-state index contributed by atoms with van der Waals surface area (Å²) in [7, 11) is -0.642. The number of hydrogen-bond acceptors (Lipinski definition) is 4. The second-order valence-electron chi connectivity index (χ2n) is 9.46. The van der Waals surface area contributed by atoms with E-state index >= 15 is 0 Å². The second kappa shape index (κ2) is 9.29. The van der Waals surface area contributed by atoms with E-state index < -0.39 is 16.9 Å². The first kappa shape index (κ1) is 23.7. The van der Waals surface area contributed by atoms with Gasteiger partial charge in [-0.25, -0.2) is 0 Å². The zero-order chi connectivity index (χ0) is 23.5. The largest absolute Gasteiger partial charge is 0.545 e. The minimum absolute atomic E-state index is 0.195. The summed E-state index contributed by atoms with van der Waals surface area (Å²) in [5.74, 6) is 0.359. The number of hydrogen-bond donors (Lipinski definition) is 0. The van der Waals surface area contributed by atoms with Crippen molar-refractivity contribution in [3.8, 4) is 11.5 Å². The van der Waals surface area contributed by atoms with Gasteiger partial charge in [-0.2, -0.15) is 0 Å². The molecule has 168 valence electrons. The van der Waals surface area contributed by atoms with Gasteiger partial charge in [0.15, 0.2) is 14.7 Å². The number of aromatic carboxylic acids is 1. The molecule has 0 fully saturated rings. The fraction of sp³-hybridized carbons (Fsp3) is 0.296. The van der Waals surface area contributed by atoms with Gasteiger partial charge in [0.05, 0.1) is 22.4 Å². The Hall–Kier alpha value is -2.92. The molecule has 0 aliphatic carbocycles.